The Balaban J connectivity index is 2.43. The minimum Gasteiger partial charge on any atom is -0.248 e. The molecule has 1 heterocycles. The van der Waals surface area contributed by atoms with E-state index in [0.29, 0.717) is 6.54 Å². The Hall–Kier alpha value is -0.220. The fourth-order valence-electron chi connectivity index (χ4n) is 1.06. The highest BCUT2D eigenvalue weighted by Crippen LogP contribution is 2.26. The van der Waals surface area contributed by atoms with Crippen molar-refractivity contribution in [3.05, 3.63) is 0 Å². The third-order valence-corrected chi connectivity index (χ3v) is 1.72. The van der Waals surface area contributed by atoms with Gasteiger partial charge >= 0.3 is 0 Å². The Labute approximate surface area is 59.4 Å². The molecule has 0 amide bonds. The van der Waals surface area contributed by atoms with Crippen LogP contribution in [0.1, 0.15) is 6.42 Å². The van der Waals surface area contributed by atoms with Gasteiger partial charge in [0.15, 0.2) is 0 Å². The Kier molecular flexibility index (Phi) is 1.92. The van der Waals surface area contributed by atoms with Crippen molar-refractivity contribution in [2.24, 2.45) is 0 Å². The number of hydrogen-bond donors (Lipinski definition) is 0. The minimum atomic E-state index is -2.47. The smallest absolute Gasteiger partial charge is 0.248 e. The first kappa shape index (κ1) is 7.88. The SMILES string of the molecule is CN(C)N1CCC(F)(F)C1. The van der Waals surface area contributed by atoms with Crippen LogP contribution in [0.25, 0.3) is 0 Å². The monoisotopic (exact) mass is 150 g/mol. The number of hydrazine groups is 1. The Bertz CT molecular complexity index is 125. The van der Waals surface area contributed by atoms with E-state index in [4.69, 9.17) is 0 Å². The fraction of sp³-hybridized carbons (Fsp3) is 1.00. The molecular weight excluding hydrogens is 138 g/mol. The second-order valence-electron chi connectivity index (χ2n) is 2.84. The molecular formula is C6H12F2N2. The molecule has 0 aromatic heterocycles. The Morgan fingerprint density at radius 3 is 2.20 bits per heavy atom. The molecule has 0 aromatic carbocycles. The van der Waals surface area contributed by atoms with E-state index in [0.717, 1.165) is 0 Å². The van der Waals surface area contributed by atoms with E-state index >= 15 is 0 Å². The molecule has 0 radical (unpaired) electrons. The molecule has 0 atom stereocenters. The van der Waals surface area contributed by atoms with Gasteiger partial charge in [-0.15, -0.1) is 0 Å². The molecule has 1 fully saturated rings. The highest BCUT2D eigenvalue weighted by molar-refractivity contribution is 4.79. The summed E-state index contributed by atoms with van der Waals surface area (Å²) in [7, 11) is 3.56. The summed E-state index contributed by atoms with van der Waals surface area (Å²) in [6, 6.07) is 0. The van der Waals surface area contributed by atoms with Gasteiger partial charge in [-0.05, 0) is 0 Å². The summed E-state index contributed by atoms with van der Waals surface area (Å²) in [6.07, 6.45) is -0.00875. The predicted molar refractivity (Wildman–Crippen MR) is 34.8 cm³/mol. The molecule has 0 aliphatic carbocycles. The van der Waals surface area contributed by atoms with Crippen molar-refractivity contribution < 1.29 is 8.78 Å². The number of nitrogens with zero attached hydrogens (tertiary/aromatic N) is 2. The summed E-state index contributed by atoms with van der Waals surface area (Å²) in [5.74, 6) is -2.47. The summed E-state index contributed by atoms with van der Waals surface area (Å²) in [5, 5.41) is 3.35. The zero-order valence-electron chi connectivity index (χ0n) is 6.27. The van der Waals surface area contributed by atoms with Crippen LogP contribution >= 0.6 is 0 Å². The first-order valence-corrected chi connectivity index (χ1v) is 3.31. The first-order chi connectivity index (χ1) is 4.51. The van der Waals surface area contributed by atoms with Crippen molar-refractivity contribution in [1.82, 2.24) is 10.0 Å². The highest BCUT2D eigenvalue weighted by Gasteiger charge is 2.38. The normalized spacial score (nSPS) is 26.1. The Morgan fingerprint density at radius 1 is 1.40 bits per heavy atom. The average Bonchev–Trinajstić information content (AvgIpc) is 2.10. The van der Waals surface area contributed by atoms with E-state index < -0.39 is 5.92 Å². The Morgan fingerprint density at radius 2 is 2.00 bits per heavy atom. The van der Waals surface area contributed by atoms with Crippen molar-refractivity contribution in [1.29, 1.82) is 0 Å². The van der Waals surface area contributed by atoms with Gasteiger partial charge in [-0.25, -0.2) is 18.8 Å². The van der Waals surface area contributed by atoms with Gasteiger partial charge in [0, 0.05) is 27.1 Å². The van der Waals surface area contributed by atoms with Crippen molar-refractivity contribution in [2.75, 3.05) is 27.2 Å². The lowest BCUT2D eigenvalue weighted by atomic mass is 10.3. The van der Waals surface area contributed by atoms with Crippen LogP contribution in [0.15, 0.2) is 0 Å². The van der Waals surface area contributed by atoms with Gasteiger partial charge in [0.1, 0.15) is 0 Å². The zero-order valence-corrected chi connectivity index (χ0v) is 6.27. The molecule has 4 heteroatoms. The van der Waals surface area contributed by atoms with Gasteiger partial charge in [-0.2, -0.15) is 0 Å². The van der Waals surface area contributed by atoms with Gasteiger partial charge < -0.3 is 0 Å². The highest BCUT2D eigenvalue weighted by atomic mass is 19.3. The molecule has 2 nitrogen and oxygen atoms in total. The van der Waals surface area contributed by atoms with E-state index in [9.17, 15) is 8.78 Å². The third-order valence-electron chi connectivity index (χ3n) is 1.72. The molecule has 1 saturated heterocycles. The largest absolute Gasteiger partial charge is 0.263 e. The van der Waals surface area contributed by atoms with Crippen LogP contribution in [0, 0.1) is 0 Å². The third kappa shape index (κ3) is 1.64. The molecule has 10 heavy (non-hydrogen) atoms. The van der Waals surface area contributed by atoms with Crippen LogP contribution in [0.2, 0.25) is 0 Å². The number of alkyl halides is 2. The molecule has 0 unspecified atom stereocenters. The minimum absolute atomic E-state index is 0.00875. The molecule has 0 saturated carbocycles. The van der Waals surface area contributed by atoms with Crippen LogP contribution < -0.4 is 0 Å². The molecule has 0 N–H and O–H groups in total. The van der Waals surface area contributed by atoms with E-state index in [1.165, 1.54) is 0 Å². The summed E-state index contributed by atoms with van der Waals surface area (Å²) in [4.78, 5) is 0. The van der Waals surface area contributed by atoms with Crippen LogP contribution in [0.3, 0.4) is 0 Å². The second-order valence-corrected chi connectivity index (χ2v) is 2.84. The van der Waals surface area contributed by atoms with Gasteiger partial charge in [0.2, 0.25) is 0 Å². The fourth-order valence-corrected chi connectivity index (χ4v) is 1.06. The van der Waals surface area contributed by atoms with E-state index in [-0.39, 0.29) is 13.0 Å². The van der Waals surface area contributed by atoms with E-state index in [1.807, 2.05) is 0 Å². The molecule has 0 bridgehead atoms. The van der Waals surface area contributed by atoms with Gasteiger partial charge in [0.25, 0.3) is 5.92 Å². The van der Waals surface area contributed by atoms with Crippen LogP contribution in [0.4, 0.5) is 8.78 Å². The maximum absolute atomic E-state index is 12.5. The van der Waals surface area contributed by atoms with Gasteiger partial charge in [-0.1, -0.05) is 0 Å². The summed E-state index contributed by atoms with van der Waals surface area (Å²) in [6.45, 7) is 0.347. The van der Waals surface area contributed by atoms with Crippen molar-refractivity contribution >= 4 is 0 Å². The van der Waals surface area contributed by atoms with Crippen LogP contribution in [-0.4, -0.2) is 43.1 Å². The van der Waals surface area contributed by atoms with Gasteiger partial charge in [-0.3, -0.25) is 0 Å². The maximum atomic E-state index is 12.5. The lowest BCUT2D eigenvalue weighted by Gasteiger charge is -2.22. The molecule has 1 rings (SSSR count). The zero-order chi connectivity index (χ0) is 7.78. The molecule has 60 valence electrons. The maximum Gasteiger partial charge on any atom is 0.263 e. The summed E-state index contributed by atoms with van der Waals surface area (Å²) >= 11 is 0. The lowest BCUT2D eigenvalue weighted by molar-refractivity contribution is -0.0256. The lowest BCUT2D eigenvalue weighted by Crippen LogP contribution is -2.36. The van der Waals surface area contributed by atoms with Crippen LogP contribution in [-0.2, 0) is 0 Å². The summed E-state index contributed by atoms with van der Waals surface area (Å²) < 4.78 is 25.0. The number of halogens is 2. The van der Waals surface area contributed by atoms with E-state index in [1.54, 1.807) is 24.1 Å². The molecule has 1 aliphatic heterocycles. The standard InChI is InChI=1S/C6H12F2N2/c1-9(2)10-4-3-6(7,8)5-10/h3-5H2,1-2H3. The van der Waals surface area contributed by atoms with Crippen molar-refractivity contribution in [3.63, 3.8) is 0 Å². The van der Waals surface area contributed by atoms with E-state index in [2.05, 4.69) is 0 Å². The van der Waals surface area contributed by atoms with Gasteiger partial charge in [0.05, 0.1) is 6.54 Å². The molecule has 0 spiro atoms. The quantitative estimate of drug-likeness (QED) is 0.545. The molecule has 0 aromatic rings. The average molecular weight is 150 g/mol. The number of rotatable bonds is 1. The number of hydrogen-bond acceptors (Lipinski definition) is 2. The van der Waals surface area contributed by atoms with Crippen LogP contribution in [0.5, 0.6) is 0 Å². The predicted octanol–water partition coefficient (Wildman–Crippen LogP) is 0.804. The second kappa shape index (κ2) is 2.43. The first-order valence-electron chi connectivity index (χ1n) is 3.31. The van der Waals surface area contributed by atoms with Crippen molar-refractivity contribution in [2.45, 2.75) is 12.3 Å². The van der Waals surface area contributed by atoms with Crippen molar-refractivity contribution in [3.8, 4) is 0 Å². The summed E-state index contributed by atoms with van der Waals surface area (Å²) in [5.41, 5.74) is 0. The topological polar surface area (TPSA) is 6.48 Å². The molecule has 1 aliphatic rings.